The average Bonchev–Trinajstić information content (AvgIpc) is 2.09. The maximum absolute atomic E-state index is 10.2. The fourth-order valence-electron chi connectivity index (χ4n) is 1.72. The van der Waals surface area contributed by atoms with Crippen LogP contribution in [0.2, 0.25) is 0 Å². The molecule has 1 heterocycles. The van der Waals surface area contributed by atoms with Gasteiger partial charge in [-0.3, -0.25) is 0 Å². The van der Waals surface area contributed by atoms with Crippen molar-refractivity contribution >= 4 is 0 Å². The summed E-state index contributed by atoms with van der Waals surface area (Å²) < 4.78 is 0. The van der Waals surface area contributed by atoms with Crippen LogP contribution in [-0.4, -0.2) is 42.3 Å². The van der Waals surface area contributed by atoms with Crippen molar-refractivity contribution < 1.29 is 5.11 Å². The minimum atomic E-state index is -0.499. The third kappa shape index (κ3) is 1.97. The largest absolute Gasteiger partial charge is 0.389 e. The fraction of sp³-hybridized carbons (Fsp3) is 1.00. The lowest BCUT2D eigenvalue weighted by Gasteiger charge is -2.40. The number of hydrogen-bond acceptors (Lipinski definition) is 3. The first-order valence-corrected chi connectivity index (χ1v) is 4.69. The third-order valence-corrected chi connectivity index (χ3v) is 3.12. The fourth-order valence-corrected chi connectivity index (χ4v) is 1.72. The third-order valence-electron chi connectivity index (χ3n) is 3.12. The zero-order chi connectivity index (χ0) is 9.19. The van der Waals surface area contributed by atoms with Crippen molar-refractivity contribution in [3.05, 3.63) is 0 Å². The maximum Gasteiger partial charge on any atom is 0.0709 e. The number of aliphatic hydroxyl groups is 1. The normalized spacial score (nSPS) is 27.0. The molecule has 0 bridgehead atoms. The molecule has 3 N–H and O–H groups in total. The molecule has 12 heavy (non-hydrogen) atoms. The Morgan fingerprint density at radius 3 is 2.42 bits per heavy atom. The van der Waals surface area contributed by atoms with E-state index in [-0.39, 0.29) is 5.92 Å². The highest BCUT2D eigenvalue weighted by atomic mass is 16.3. The number of nitrogens with zero attached hydrogens (tertiary/aromatic N) is 1. The second kappa shape index (κ2) is 3.73. The molecule has 1 saturated heterocycles. The SMILES string of the molecule is CC(CN)C1(O)CCN(C)CC1. The smallest absolute Gasteiger partial charge is 0.0709 e. The van der Waals surface area contributed by atoms with Crippen LogP contribution in [-0.2, 0) is 0 Å². The van der Waals surface area contributed by atoms with Gasteiger partial charge in [0, 0.05) is 13.1 Å². The summed E-state index contributed by atoms with van der Waals surface area (Å²) in [6, 6.07) is 0. The Hall–Kier alpha value is -0.120. The van der Waals surface area contributed by atoms with Gasteiger partial charge < -0.3 is 15.7 Å². The van der Waals surface area contributed by atoms with Gasteiger partial charge in [-0.2, -0.15) is 0 Å². The highest BCUT2D eigenvalue weighted by molar-refractivity contribution is 4.89. The van der Waals surface area contributed by atoms with Crippen LogP contribution in [0.1, 0.15) is 19.8 Å². The van der Waals surface area contributed by atoms with Gasteiger partial charge in [-0.25, -0.2) is 0 Å². The minimum absolute atomic E-state index is 0.228. The van der Waals surface area contributed by atoms with Crippen LogP contribution >= 0.6 is 0 Å². The van der Waals surface area contributed by atoms with Crippen LogP contribution in [0.4, 0.5) is 0 Å². The van der Waals surface area contributed by atoms with Gasteiger partial charge in [0.25, 0.3) is 0 Å². The van der Waals surface area contributed by atoms with Crippen LogP contribution in [0, 0.1) is 5.92 Å². The lowest BCUT2D eigenvalue weighted by atomic mass is 9.81. The van der Waals surface area contributed by atoms with E-state index >= 15 is 0 Å². The summed E-state index contributed by atoms with van der Waals surface area (Å²) in [6.07, 6.45) is 1.73. The lowest BCUT2D eigenvalue weighted by molar-refractivity contribution is -0.0548. The molecular formula is C9H20N2O. The first kappa shape index (κ1) is 9.96. The van der Waals surface area contributed by atoms with Crippen LogP contribution < -0.4 is 5.73 Å². The molecule has 0 aliphatic carbocycles. The zero-order valence-electron chi connectivity index (χ0n) is 8.08. The predicted molar refractivity (Wildman–Crippen MR) is 49.9 cm³/mol. The predicted octanol–water partition coefficient (Wildman–Crippen LogP) is 0.0379. The topological polar surface area (TPSA) is 49.5 Å². The molecule has 0 saturated carbocycles. The van der Waals surface area contributed by atoms with Gasteiger partial charge in [-0.05, 0) is 32.4 Å². The Morgan fingerprint density at radius 1 is 1.50 bits per heavy atom. The van der Waals surface area contributed by atoms with Crippen LogP contribution in [0.25, 0.3) is 0 Å². The molecule has 1 rings (SSSR count). The van der Waals surface area contributed by atoms with E-state index in [0.717, 1.165) is 25.9 Å². The molecule has 1 aliphatic heterocycles. The molecule has 0 spiro atoms. The molecular weight excluding hydrogens is 152 g/mol. The molecule has 0 aromatic rings. The van der Waals surface area contributed by atoms with E-state index < -0.39 is 5.60 Å². The molecule has 0 aromatic carbocycles. The second-order valence-corrected chi connectivity index (χ2v) is 4.04. The maximum atomic E-state index is 10.2. The number of likely N-dealkylation sites (tertiary alicyclic amines) is 1. The summed E-state index contributed by atoms with van der Waals surface area (Å²) in [5.74, 6) is 0.228. The molecule has 1 aliphatic rings. The number of rotatable bonds is 2. The first-order chi connectivity index (χ1) is 5.58. The highest BCUT2D eigenvalue weighted by Gasteiger charge is 2.35. The van der Waals surface area contributed by atoms with E-state index in [1.165, 1.54) is 0 Å². The van der Waals surface area contributed by atoms with Gasteiger partial charge in [0.1, 0.15) is 0 Å². The highest BCUT2D eigenvalue weighted by Crippen LogP contribution is 2.28. The minimum Gasteiger partial charge on any atom is -0.389 e. The summed E-state index contributed by atoms with van der Waals surface area (Å²) >= 11 is 0. The van der Waals surface area contributed by atoms with Crippen molar-refractivity contribution in [2.75, 3.05) is 26.7 Å². The van der Waals surface area contributed by atoms with Crippen LogP contribution in [0.5, 0.6) is 0 Å². The Kier molecular flexibility index (Phi) is 3.09. The Labute approximate surface area is 74.5 Å². The summed E-state index contributed by atoms with van der Waals surface area (Å²) in [5, 5.41) is 10.2. The van der Waals surface area contributed by atoms with Crippen molar-refractivity contribution in [1.29, 1.82) is 0 Å². The molecule has 1 atom stereocenters. The standard InChI is InChI=1S/C9H20N2O/c1-8(7-10)9(12)3-5-11(2)6-4-9/h8,12H,3-7,10H2,1-2H3. The zero-order valence-corrected chi connectivity index (χ0v) is 8.08. The monoisotopic (exact) mass is 172 g/mol. The van der Waals surface area contributed by atoms with Gasteiger partial charge in [-0.1, -0.05) is 6.92 Å². The van der Waals surface area contributed by atoms with Crippen LogP contribution in [0.15, 0.2) is 0 Å². The summed E-state index contributed by atoms with van der Waals surface area (Å²) in [5.41, 5.74) is 5.05. The van der Waals surface area contributed by atoms with E-state index in [1.54, 1.807) is 0 Å². The Bertz CT molecular complexity index is 141. The molecule has 0 amide bonds. The van der Waals surface area contributed by atoms with E-state index in [2.05, 4.69) is 11.9 Å². The molecule has 3 heteroatoms. The van der Waals surface area contributed by atoms with Gasteiger partial charge in [0.15, 0.2) is 0 Å². The summed E-state index contributed by atoms with van der Waals surface area (Å²) in [7, 11) is 2.09. The number of nitrogens with two attached hydrogens (primary N) is 1. The van der Waals surface area contributed by atoms with Crippen molar-refractivity contribution in [3.63, 3.8) is 0 Å². The molecule has 1 unspecified atom stereocenters. The molecule has 72 valence electrons. The van der Waals surface area contributed by atoms with Crippen molar-refractivity contribution in [3.8, 4) is 0 Å². The van der Waals surface area contributed by atoms with E-state index in [1.807, 2.05) is 6.92 Å². The molecule has 0 radical (unpaired) electrons. The number of piperidine rings is 1. The molecule has 1 fully saturated rings. The molecule has 3 nitrogen and oxygen atoms in total. The van der Waals surface area contributed by atoms with Gasteiger partial charge in [-0.15, -0.1) is 0 Å². The van der Waals surface area contributed by atoms with E-state index in [9.17, 15) is 5.11 Å². The Morgan fingerprint density at radius 2 is 2.00 bits per heavy atom. The molecule has 0 aromatic heterocycles. The Balaban J connectivity index is 2.49. The van der Waals surface area contributed by atoms with Gasteiger partial charge in [0.05, 0.1) is 5.60 Å². The van der Waals surface area contributed by atoms with Gasteiger partial charge >= 0.3 is 0 Å². The summed E-state index contributed by atoms with van der Waals surface area (Å²) in [6.45, 7) is 4.59. The van der Waals surface area contributed by atoms with Crippen LogP contribution in [0.3, 0.4) is 0 Å². The lowest BCUT2D eigenvalue weighted by Crippen LogP contribution is -2.48. The first-order valence-electron chi connectivity index (χ1n) is 4.69. The van der Waals surface area contributed by atoms with Crippen molar-refractivity contribution in [1.82, 2.24) is 4.90 Å². The van der Waals surface area contributed by atoms with Crippen molar-refractivity contribution in [2.45, 2.75) is 25.4 Å². The average molecular weight is 172 g/mol. The quantitative estimate of drug-likeness (QED) is 0.618. The number of hydrogen-bond donors (Lipinski definition) is 2. The van der Waals surface area contributed by atoms with E-state index in [0.29, 0.717) is 6.54 Å². The van der Waals surface area contributed by atoms with Crippen molar-refractivity contribution in [2.24, 2.45) is 11.7 Å². The van der Waals surface area contributed by atoms with E-state index in [4.69, 9.17) is 5.73 Å². The second-order valence-electron chi connectivity index (χ2n) is 4.04. The summed E-state index contributed by atoms with van der Waals surface area (Å²) in [4.78, 5) is 2.25. The van der Waals surface area contributed by atoms with Gasteiger partial charge in [0.2, 0.25) is 0 Å².